The molecule has 0 aromatic rings. The van der Waals surface area contributed by atoms with Gasteiger partial charge in [0.1, 0.15) is 0 Å². The highest BCUT2D eigenvalue weighted by molar-refractivity contribution is 7.87. The number of hydrogen-bond donors (Lipinski definition) is 0. The van der Waals surface area contributed by atoms with Crippen LogP contribution in [-0.2, 0) is 14.3 Å². The lowest BCUT2D eigenvalue weighted by molar-refractivity contribution is 0.0622. The van der Waals surface area contributed by atoms with Gasteiger partial charge in [-0.25, -0.2) is 0 Å². The molecular formula is C9H14O3S. The molecule has 0 aromatic heterocycles. The first kappa shape index (κ1) is 8.24. The highest BCUT2D eigenvalue weighted by Gasteiger charge is 2.66. The monoisotopic (exact) mass is 202 g/mol. The molecule has 3 unspecified atom stereocenters. The molecule has 1 heterocycles. The number of rotatable bonds is 0. The summed E-state index contributed by atoms with van der Waals surface area (Å²) in [5, 5.41) is -0.171. The molecule has 0 spiro atoms. The van der Waals surface area contributed by atoms with Crippen molar-refractivity contribution in [2.45, 2.75) is 38.0 Å². The molecule has 3 nitrogen and oxygen atoms in total. The van der Waals surface area contributed by atoms with Crippen molar-refractivity contribution in [2.75, 3.05) is 0 Å². The molecule has 3 rings (SSSR count). The van der Waals surface area contributed by atoms with Crippen LogP contribution in [0, 0.1) is 17.3 Å². The van der Waals surface area contributed by atoms with E-state index in [2.05, 4.69) is 13.8 Å². The van der Waals surface area contributed by atoms with Crippen molar-refractivity contribution in [2.24, 2.45) is 17.3 Å². The molecule has 2 aliphatic carbocycles. The van der Waals surface area contributed by atoms with Crippen molar-refractivity contribution < 1.29 is 12.6 Å². The Labute approximate surface area is 78.6 Å². The first-order valence-corrected chi connectivity index (χ1v) is 6.32. The summed E-state index contributed by atoms with van der Waals surface area (Å²) in [4.78, 5) is 0. The molecule has 13 heavy (non-hydrogen) atoms. The van der Waals surface area contributed by atoms with Crippen molar-refractivity contribution in [3.8, 4) is 0 Å². The predicted molar refractivity (Wildman–Crippen MR) is 47.6 cm³/mol. The molecule has 0 amide bonds. The van der Waals surface area contributed by atoms with Crippen LogP contribution in [0.5, 0.6) is 0 Å². The van der Waals surface area contributed by atoms with Crippen molar-refractivity contribution in [3.63, 3.8) is 0 Å². The Hall–Kier alpha value is -0.0900. The maximum Gasteiger partial charge on any atom is 0.270 e. The number of hydrogen-bond acceptors (Lipinski definition) is 3. The third kappa shape index (κ3) is 0.773. The third-order valence-corrected chi connectivity index (χ3v) is 6.09. The van der Waals surface area contributed by atoms with Crippen LogP contribution in [0.1, 0.15) is 26.7 Å². The molecule has 1 saturated heterocycles. The maximum atomic E-state index is 11.5. The molecule has 0 radical (unpaired) electrons. The topological polar surface area (TPSA) is 43.4 Å². The van der Waals surface area contributed by atoms with E-state index < -0.39 is 10.1 Å². The predicted octanol–water partition coefficient (Wildman–Crippen LogP) is 1.15. The van der Waals surface area contributed by atoms with E-state index in [0.717, 1.165) is 12.8 Å². The first-order chi connectivity index (χ1) is 5.93. The molecule has 4 atom stereocenters. The van der Waals surface area contributed by atoms with Gasteiger partial charge < -0.3 is 0 Å². The summed E-state index contributed by atoms with van der Waals surface area (Å²) in [6.45, 7) is 4.28. The van der Waals surface area contributed by atoms with Crippen LogP contribution >= 0.6 is 0 Å². The molecule has 2 saturated carbocycles. The lowest BCUT2D eigenvalue weighted by Gasteiger charge is -2.32. The van der Waals surface area contributed by atoms with Gasteiger partial charge in [0.25, 0.3) is 10.1 Å². The Bertz CT molecular complexity index is 357. The van der Waals surface area contributed by atoms with E-state index in [0.29, 0.717) is 11.8 Å². The molecular weight excluding hydrogens is 188 g/mol. The normalized spacial score (nSPS) is 54.3. The zero-order valence-electron chi connectivity index (χ0n) is 7.86. The lowest BCUT2D eigenvalue weighted by Crippen LogP contribution is -2.35. The van der Waals surface area contributed by atoms with Crippen LogP contribution < -0.4 is 0 Å². The second kappa shape index (κ2) is 1.96. The summed E-state index contributed by atoms with van der Waals surface area (Å²) in [6, 6.07) is 0. The van der Waals surface area contributed by atoms with E-state index >= 15 is 0 Å². The third-order valence-electron chi connectivity index (χ3n) is 4.33. The fourth-order valence-electron chi connectivity index (χ4n) is 3.48. The lowest BCUT2D eigenvalue weighted by atomic mass is 9.74. The van der Waals surface area contributed by atoms with Crippen LogP contribution in [0.3, 0.4) is 0 Å². The second-order valence-electron chi connectivity index (χ2n) is 5.20. The Morgan fingerprint density at radius 3 is 2.54 bits per heavy atom. The summed E-state index contributed by atoms with van der Waals surface area (Å²) in [6.07, 6.45) is 1.86. The van der Waals surface area contributed by atoms with E-state index in [4.69, 9.17) is 4.18 Å². The molecule has 3 aliphatic rings. The van der Waals surface area contributed by atoms with Crippen LogP contribution in [-0.4, -0.2) is 19.8 Å². The zero-order chi connectivity index (χ0) is 9.43. The highest BCUT2D eigenvalue weighted by Crippen LogP contribution is 2.62. The molecule has 4 heteroatoms. The first-order valence-electron chi connectivity index (χ1n) is 4.85. The van der Waals surface area contributed by atoms with Gasteiger partial charge >= 0.3 is 0 Å². The summed E-state index contributed by atoms with van der Waals surface area (Å²) in [7, 11) is -3.20. The summed E-state index contributed by atoms with van der Waals surface area (Å²) < 4.78 is 28.3. The molecule has 2 bridgehead atoms. The van der Waals surface area contributed by atoms with Gasteiger partial charge in [-0.05, 0) is 24.2 Å². The van der Waals surface area contributed by atoms with E-state index in [-0.39, 0.29) is 16.8 Å². The number of fused-ring (bicyclic) bond motifs is 1. The Morgan fingerprint density at radius 2 is 2.00 bits per heavy atom. The van der Waals surface area contributed by atoms with Crippen LogP contribution in [0.4, 0.5) is 0 Å². The van der Waals surface area contributed by atoms with Gasteiger partial charge in [-0.15, -0.1) is 0 Å². The fourth-order valence-corrected chi connectivity index (χ4v) is 5.46. The minimum Gasteiger partial charge on any atom is -0.266 e. The summed E-state index contributed by atoms with van der Waals surface area (Å²) >= 11 is 0. The van der Waals surface area contributed by atoms with Crippen LogP contribution in [0.25, 0.3) is 0 Å². The van der Waals surface area contributed by atoms with E-state index in [1.807, 2.05) is 0 Å². The molecule has 3 fully saturated rings. The van der Waals surface area contributed by atoms with Gasteiger partial charge in [-0.1, -0.05) is 13.8 Å². The van der Waals surface area contributed by atoms with E-state index in [1.54, 1.807) is 0 Å². The van der Waals surface area contributed by atoms with Gasteiger partial charge in [0, 0.05) is 5.92 Å². The largest absolute Gasteiger partial charge is 0.270 e. The van der Waals surface area contributed by atoms with Crippen molar-refractivity contribution in [3.05, 3.63) is 0 Å². The summed E-state index contributed by atoms with van der Waals surface area (Å²) in [5.74, 6) is 0.856. The molecule has 1 aliphatic heterocycles. The average Bonchev–Trinajstić information content (AvgIpc) is 2.54. The smallest absolute Gasteiger partial charge is 0.266 e. The standard InChI is InChI=1S/C9H14O3S/c1-9(2)5-3-6-7(4-5)13(10,11)12-8(6)9/h5-8H,3-4H2,1-2H3/t5-,6?,7?,8?/m0/s1. The molecule has 0 N–H and O–H groups in total. The van der Waals surface area contributed by atoms with Crippen molar-refractivity contribution in [1.29, 1.82) is 0 Å². The Kier molecular flexibility index (Phi) is 1.24. The Morgan fingerprint density at radius 1 is 1.31 bits per heavy atom. The highest BCUT2D eigenvalue weighted by atomic mass is 32.2. The minimum atomic E-state index is -3.20. The van der Waals surface area contributed by atoms with Gasteiger partial charge in [-0.2, -0.15) is 8.42 Å². The van der Waals surface area contributed by atoms with Crippen molar-refractivity contribution >= 4 is 10.1 Å². The van der Waals surface area contributed by atoms with Gasteiger partial charge in [0.05, 0.1) is 11.4 Å². The summed E-state index contributed by atoms with van der Waals surface area (Å²) in [5.41, 5.74) is 0.0741. The Balaban J connectivity index is 2.14. The van der Waals surface area contributed by atoms with Crippen LogP contribution in [0.15, 0.2) is 0 Å². The van der Waals surface area contributed by atoms with Crippen LogP contribution in [0.2, 0.25) is 0 Å². The second-order valence-corrected chi connectivity index (χ2v) is 6.99. The molecule has 74 valence electrons. The SMILES string of the molecule is CC1(C)C2OS(=O)(=O)C3C[C@@H]1CC23. The van der Waals surface area contributed by atoms with Gasteiger partial charge in [0.2, 0.25) is 0 Å². The van der Waals surface area contributed by atoms with Gasteiger partial charge in [0.15, 0.2) is 0 Å². The van der Waals surface area contributed by atoms with Gasteiger partial charge in [-0.3, -0.25) is 4.18 Å². The molecule has 0 aromatic carbocycles. The average molecular weight is 202 g/mol. The zero-order valence-corrected chi connectivity index (χ0v) is 8.67. The maximum absolute atomic E-state index is 11.5. The van der Waals surface area contributed by atoms with Crippen molar-refractivity contribution in [1.82, 2.24) is 0 Å². The van der Waals surface area contributed by atoms with E-state index in [1.165, 1.54) is 0 Å². The minimum absolute atomic E-state index is 0.0266. The fraction of sp³-hybridized carbons (Fsp3) is 1.00. The quantitative estimate of drug-likeness (QED) is 0.553. The van der Waals surface area contributed by atoms with E-state index in [9.17, 15) is 8.42 Å².